The third-order valence-electron chi connectivity index (χ3n) is 5.91. The number of alkyl halides is 2. The maximum absolute atomic E-state index is 13.1. The molecule has 2 atom stereocenters. The van der Waals surface area contributed by atoms with E-state index in [1.54, 1.807) is 18.3 Å². The fourth-order valence-corrected chi connectivity index (χ4v) is 4.67. The molecule has 2 unspecified atom stereocenters. The average molecular weight is 615 g/mol. The summed E-state index contributed by atoms with van der Waals surface area (Å²) in [7, 11) is -4.99. The van der Waals surface area contributed by atoms with Gasteiger partial charge in [-0.3, -0.25) is 0 Å². The standard InChI is InChI=1S/C11H10F2N4O4.C8H9N5O5S.Li.Na/c12-11(13,9(18)19)21-17-8-4-7(16-3-1-2-14-16)5-15(6-8)10(17)20;14-8-11-4-6(12(8)18-19(15,16)17)3-7(5-11)13-9-1-2-10-13;;/h1-4,8H,5-6H2,(H,18,19);1-3,6H,4-5H2,(H,15,16,17);;/q;;2*+1/p-2. The number of aromatic nitrogens is 5. The molecular weight excluding hydrogens is 598 g/mol. The summed E-state index contributed by atoms with van der Waals surface area (Å²) in [6.45, 7) is 0.752. The molecule has 0 N–H and O–H groups in total. The van der Waals surface area contributed by atoms with Gasteiger partial charge < -0.3 is 24.3 Å². The minimum Gasteiger partial charge on any atom is -0.724 e. The van der Waals surface area contributed by atoms with Gasteiger partial charge in [0.05, 0.1) is 42.9 Å². The van der Waals surface area contributed by atoms with Gasteiger partial charge in [0.2, 0.25) is 10.4 Å². The number of carboxylic acid groups (broad SMARTS) is 1. The van der Waals surface area contributed by atoms with Gasteiger partial charge in [0.25, 0.3) is 0 Å². The normalized spacial score (nSPS) is 21.2. The van der Waals surface area contributed by atoms with Crippen LogP contribution >= 0.6 is 0 Å². The molecule has 0 radical (unpaired) electrons. The van der Waals surface area contributed by atoms with Crippen LogP contribution in [0.5, 0.6) is 0 Å². The second kappa shape index (κ2) is 12.8. The number of carboxylic acids is 1. The monoisotopic (exact) mass is 615 g/mol. The molecular formula is C19H17F2LiN9NaO9S. The summed E-state index contributed by atoms with van der Waals surface area (Å²) in [5.41, 5.74) is 1.21. The number of carbonyl (C=O) groups is 3. The van der Waals surface area contributed by atoms with E-state index in [2.05, 4.69) is 24.4 Å². The maximum atomic E-state index is 13.1. The van der Waals surface area contributed by atoms with Gasteiger partial charge in [-0.1, -0.05) is 0 Å². The molecule has 0 aromatic carbocycles. The molecule has 4 amide bonds. The van der Waals surface area contributed by atoms with Crippen molar-refractivity contribution >= 4 is 39.8 Å². The number of urea groups is 2. The van der Waals surface area contributed by atoms with Gasteiger partial charge in [-0.15, -0.1) is 0 Å². The van der Waals surface area contributed by atoms with Crippen LogP contribution in [0, 0.1) is 0 Å². The molecule has 0 spiro atoms. The fourth-order valence-electron chi connectivity index (χ4n) is 4.30. The molecule has 2 aromatic rings. The largest absolute Gasteiger partial charge is 1.00 e. The second-order valence-corrected chi connectivity index (χ2v) is 9.54. The molecule has 6 rings (SSSR count). The number of nitrogens with zero attached hydrogens (tertiary/aromatic N) is 9. The number of fused-ring (bicyclic) bond motifs is 4. The van der Waals surface area contributed by atoms with Gasteiger partial charge in [-0.2, -0.15) is 48.1 Å². The van der Waals surface area contributed by atoms with Crippen LogP contribution in [0.3, 0.4) is 0 Å². The van der Waals surface area contributed by atoms with Crippen molar-refractivity contribution in [3.63, 3.8) is 0 Å². The van der Waals surface area contributed by atoms with Crippen molar-refractivity contribution in [1.82, 2.24) is 44.7 Å². The van der Waals surface area contributed by atoms with E-state index >= 15 is 0 Å². The minimum atomic E-state index is -4.99. The molecule has 4 aliphatic rings. The molecule has 2 fully saturated rings. The smallest absolute Gasteiger partial charge is 0.724 e. The van der Waals surface area contributed by atoms with Crippen LogP contribution in [0.25, 0.3) is 11.4 Å². The van der Waals surface area contributed by atoms with E-state index in [9.17, 15) is 41.2 Å². The summed E-state index contributed by atoms with van der Waals surface area (Å²) in [6.07, 6.45) is 4.67. The minimum absolute atomic E-state index is 0. The Morgan fingerprint density at radius 2 is 1.50 bits per heavy atom. The van der Waals surface area contributed by atoms with E-state index in [0.717, 1.165) is 0 Å². The molecule has 42 heavy (non-hydrogen) atoms. The predicted octanol–water partition coefficient (Wildman–Crippen LogP) is -8.24. The first kappa shape index (κ1) is 33.6. The summed E-state index contributed by atoms with van der Waals surface area (Å²) >= 11 is 0. The van der Waals surface area contributed by atoms with Crippen LogP contribution < -0.4 is 53.5 Å². The average Bonchev–Trinajstić information content (AvgIpc) is 3.69. The number of halogens is 2. The van der Waals surface area contributed by atoms with Crippen molar-refractivity contribution < 1.29 is 98.8 Å². The first-order chi connectivity index (χ1) is 18.8. The number of aliphatic carboxylic acids is 1. The topological polar surface area (TPSA) is 211 Å². The number of hydrogen-bond donors (Lipinski definition) is 0. The van der Waals surface area contributed by atoms with Gasteiger partial charge >= 0.3 is 66.6 Å². The number of amides is 4. The summed E-state index contributed by atoms with van der Waals surface area (Å²) in [5, 5.41) is 23.0. The van der Waals surface area contributed by atoms with E-state index in [1.165, 1.54) is 43.9 Å². The van der Waals surface area contributed by atoms with Gasteiger partial charge in [-0.05, 0) is 18.2 Å². The Morgan fingerprint density at radius 3 is 2.05 bits per heavy atom. The quantitative estimate of drug-likeness (QED) is 0.162. The van der Waals surface area contributed by atoms with E-state index in [1.807, 2.05) is 0 Å². The van der Waals surface area contributed by atoms with Crippen LogP contribution in [0.4, 0.5) is 18.4 Å². The van der Waals surface area contributed by atoms with Gasteiger partial charge in [0.15, 0.2) is 0 Å². The molecule has 2 saturated heterocycles. The Balaban J connectivity index is 0.000000221. The molecule has 2 aromatic heterocycles. The van der Waals surface area contributed by atoms with Crippen LogP contribution in [0.1, 0.15) is 0 Å². The predicted molar refractivity (Wildman–Crippen MR) is 118 cm³/mol. The molecule has 23 heteroatoms. The Hall–Kier alpha value is -2.87. The zero-order chi connectivity index (χ0) is 28.8. The van der Waals surface area contributed by atoms with Gasteiger partial charge in [0.1, 0.15) is 12.0 Å². The van der Waals surface area contributed by atoms with E-state index in [0.29, 0.717) is 21.5 Å². The van der Waals surface area contributed by atoms with Crippen molar-refractivity contribution in [2.24, 2.45) is 0 Å². The van der Waals surface area contributed by atoms with Crippen molar-refractivity contribution in [1.29, 1.82) is 0 Å². The third-order valence-corrected chi connectivity index (χ3v) is 6.25. The van der Waals surface area contributed by atoms with Crippen LogP contribution in [0.2, 0.25) is 0 Å². The van der Waals surface area contributed by atoms with Crippen molar-refractivity contribution in [2.75, 3.05) is 26.2 Å². The number of carbonyl (C=O) groups excluding carboxylic acids is 3. The molecule has 0 aliphatic carbocycles. The zero-order valence-corrected chi connectivity index (χ0v) is 24.7. The summed E-state index contributed by atoms with van der Waals surface area (Å²) in [5.74, 6) is -2.71. The Kier molecular flexibility index (Phi) is 10.2. The van der Waals surface area contributed by atoms with E-state index < -0.39 is 46.6 Å². The van der Waals surface area contributed by atoms with E-state index in [-0.39, 0.29) is 74.6 Å². The molecule has 6 heterocycles. The van der Waals surface area contributed by atoms with E-state index in [4.69, 9.17) is 0 Å². The fraction of sp³-hybridized carbons (Fsp3) is 0.368. The Bertz CT molecular complexity index is 1490. The summed E-state index contributed by atoms with van der Waals surface area (Å²) < 4.78 is 63.5. The first-order valence-electron chi connectivity index (χ1n) is 11.2. The van der Waals surface area contributed by atoms with Crippen molar-refractivity contribution in [3.05, 3.63) is 43.0 Å². The summed E-state index contributed by atoms with van der Waals surface area (Å²) in [6, 6.07) is -1.32. The number of hydroxylamine groups is 4. The first-order valence-corrected chi connectivity index (χ1v) is 12.5. The molecule has 18 nitrogen and oxygen atoms in total. The zero-order valence-electron chi connectivity index (χ0n) is 21.9. The number of hydrogen-bond acceptors (Lipinski definition) is 12. The third kappa shape index (κ3) is 7.01. The van der Waals surface area contributed by atoms with Crippen molar-refractivity contribution in [2.45, 2.75) is 18.2 Å². The molecule has 214 valence electrons. The maximum Gasteiger partial charge on any atom is 1.00 e. The Morgan fingerprint density at radius 1 is 0.952 bits per heavy atom. The van der Waals surface area contributed by atoms with Gasteiger partial charge in [0, 0.05) is 25.5 Å². The summed E-state index contributed by atoms with van der Waals surface area (Å²) in [4.78, 5) is 42.0. The van der Waals surface area contributed by atoms with Crippen LogP contribution in [0.15, 0.2) is 43.0 Å². The second-order valence-electron chi connectivity index (χ2n) is 8.58. The SMILES string of the molecule is O=C1N2CC(n3cccn3)=CC(C2)N1OC(F)(F)C(=O)[O-].O=C1N2CC(n3nccn3)=CC(C2)N1OS(=O)(=O)[O-].[Li+].[Na+]. The Labute approximate surface area is 269 Å². The molecule has 4 bridgehead atoms. The van der Waals surface area contributed by atoms with Crippen LogP contribution in [-0.2, 0) is 24.3 Å². The molecule has 4 aliphatic heterocycles. The van der Waals surface area contributed by atoms with Crippen molar-refractivity contribution in [3.8, 4) is 0 Å². The molecule has 0 saturated carbocycles. The van der Waals surface area contributed by atoms with Gasteiger partial charge in [-0.25, -0.2) is 22.7 Å². The van der Waals surface area contributed by atoms with Crippen LogP contribution in [-0.4, -0.2) is 120 Å². The number of rotatable bonds is 7.